The molecule has 3 aromatic rings. The van der Waals surface area contributed by atoms with Crippen LogP contribution in [0.3, 0.4) is 0 Å². The third-order valence-electron chi connectivity index (χ3n) is 4.95. The minimum Gasteiger partial charge on any atom is -0.507 e. The Morgan fingerprint density at radius 1 is 0.926 bits per heavy atom. The number of anilines is 1. The van der Waals surface area contributed by atoms with Gasteiger partial charge < -0.3 is 10.0 Å². The predicted octanol–water partition coefficient (Wildman–Crippen LogP) is 4.88. The summed E-state index contributed by atoms with van der Waals surface area (Å²) in [5.74, 6) is -0.0509. The van der Waals surface area contributed by atoms with Crippen LogP contribution >= 0.6 is 0 Å². The molecule has 0 aromatic heterocycles. The molecular weight excluding hydrogens is 358 g/mol. The number of hydrogen-bond acceptors (Lipinski definition) is 4. The maximum absolute atomic E-state index is 13.6. The maximum atomic E-state index is 13.6. The summed E-state index contributed by atoms with van der Waals surface area (Å²) in [5.41, 5.74) is 2.47. The van der Waals surface area contributed by atoms with Gasteiger partial charge in [0.2, 0.25) is 9.84 Å². The SMILES string of the molecule is Cc1c(C(C)C)ccc(O)c1S(=O)(=O)c1cccc2c(N(C)C)cccc12. The van der Waals surface area contributed by atoms with Crippen LogP contribution in [0.2, 0.25) is 0 Å². The van der Waals surface area contributed by atoms with Crippen molar-refractivity contribution in [3.05, 3.63) is 59.7 Å². The van der Waals surface area contributed by atoms with Crippen LogP contribution in [0.1, 0.15) is 30.9 Å². The van der Waals surface area contributed by atoms with Crippen molar-refractivity contribution in [3.63, 3.8) is 0 Å². The van der Waals surface area contributed by atoms with Crippen molar-refractivity contribution >= 4 is 26.3 Å². The molecule has 0 saturated carbocycles. The summed E-state index contributed by atoms with van der Waals surface area (Å²) >= 11 is 0. The van der Waals surface area contributed by atoms with Crippen LogP contribution in [0.25, 0.3) is 10.8 Å². The van der Waals surface area contributed by atoms with Crippen LogP contribution in [0, 0.1) is 6.92 Å². The van der Waals surface area contributed by atoms with Gasteiger partial charge in [-0.2, -0.15) is 0 Å². The van der Waals surface area contributed by atoms with E-state index < -0.39 is 9.84 Å². The molecule has 3 aromatic carbocycles. The summed E-state index contributed by atoms with van der Waals surface area (Å²) in [7, 11) is -0.0367. The number of aromatic hydroxyl groups is 1. The second kappa shape index (κ2) is 6.89. The molecule has 0 fully saturated rings. The maximum Gasteiger partial charge on any atom is 0.211 e. The Labute approximate surface area is 161 Å². The van der Waals surface area contributed by atoms with Crippen LogP contribution in [0.4, 0.5) is 5.69 Å². The molecule has 0 spiro atoms. The smallest absolute Gasteiger partial charge is 0.211 e. The van der Waals surface area contributed by atoms with Gasteiger partial charge in [0, 0.05) is 30.6 Å². The van der Waals surface area contributed by atoms with Gasteiger partial charge in [-0.05, 0) is 42.2 Å². The molecule has 1 N–H and O–H groups in total. The summed E-state index contributed by atoms with van der Waals surface area (Å²) in [5, 5.41) is 11.9. The van der Waals surface area contributed by atoms with E-state index in [-0.39, 0.29) is 21.5 Å². The standard InChI is InChI=1S/C22H25NO3S/c1-14(2)16-12-13-20(24)22(15(16)3)27(25,26)21-11-7-8-17-18(21)9-6-10-19(17)23(4)5/h6-14,24H,1-5H3. The molecule has 27 heavy (non-hydrogen) atoms. The molecule has 0 amide bonds. The molecule has 3 rings (SSSR count). The van der Waals surface area contributed by atoms with E-state index in [0.29, 0.717) is 10.9 Å². The van der Waals surface area contributed by atoms with Gasteiger partial charge >= 0.3 is 0 Å². The van der Waals surface area contributed by atoms with E-state index in [2.05, 4.69) is 0 Å². The number of rotatable bonds is 4. The Bertz CT molecular complexity index is 1120. The normalized spacial score (nSPS) is 11.9. The lowest BCUT2D eigenvalue weighted by molar-refractivity contribution is 0.457. The van der Waals surface area contributed by atoms with Crippen molar-refractivity contribution in [2.75, 3.05) is 19.0 Å². The fraction of sp³-hybridized carbons (Fsp3) is 0.273. The van der Waals surface area contributed by atoms with Crippen molar-refractivity contribution in [1.29, 1.82) is 0 Å². The zero-order chi connectivity index (χ0) is 19.9. The van der Waals surface area contributed by atoms with Gasteiger partial charge in [-0.1, -0.05) is 44.2 Å². The first-order valence-corrected chi connectivity index (χ1v) is 10.4. The van der Waals surface area contributed by atoms with E-state index in [1.54, 1.807) is 25.1 Å². The number of sulfone groups is 1. The van der Waals surface area contributed by atoms with Crippen LogP contribution in [-0.2, 0) is 9.84 Å². The lowest BCUT2D eigenvalue weighted by atomic mass is 9.98. The van der Waals surface area contributed by atoms with E-state index in [9.17, 15) is 13.5 Å². The monoisotopic (exact) mass is 383 g/mol. The van der Waals surface area contributed by atoms with Gasteiger partial charge in [-0.25, -0.2) is 8.42 Å². The third-order valence-corrected chi connectivity index (χ3v) is 6.94. The number of hydrogen-bond donors (Lipinski definition) is 1. The van der Waals surface area contributed by atoms with Crippen molar-refractivity contribution in [2.24, 2.45) is 0 Å². The highest BCUT2D eigenvalue weighted by molar-refractivity contribution is 7.92. The summed E-state index contributed by atoms with van der Waals surface area (Å²) in [6.45, 7) is 5.78. The second-order valence-corrected chi connectivity index (χ2v) is 9.16. The summed E-state index contributed by atoms with van der Waals surface area (Å²) < 4.78 is 27.1. The topological polar surface area (TPSA) is 57.6 Å². The van der Waals surface area contributed by atoms with Gasteiger partial charge in [0.25, 0.3) is 0 Å². The Morgan fingerprint density at radius 3 is 2.19 bits per heavy atom. The highest BCUT2D eigenvalue weighted by atomic mass is 32.2. The molecular formula is C22H25NO3S. The summed E-state index contributed by atoms with van der Waals surface area (Å²) in [6.07, 6.45) is 0. The molecule has 142 valence electrons. The summed E-state index contributed by atoms with van der Waals surface area (Å²) in [4.78, 5) is 2.17. The highest BCUT2D eigenvalue weighted by Gasteiger charge is 2.27. The average Bonchev–Trinajstić information content (AvgIpc) is 2.59. The molecule has 0 unspecified atom stereocenters. The first kappa shape index (κ1) is 19.2. The van der Waals surface area contributed by atoms with E-state index in [1.165, 1.54) is 6.07 Å². The lowest BCUT2D eigenvalue weighted by Gasteiger charge is -2.19. The quantitative estimate of drug-likeness (QED) is 0.698. The molecule has 0 radical (unpaired) electrons. The number of phenols is 1. The molecule has 0 heterocycles. The molecule has 5 heteroatoms. The van der Waals surface area contributed by atoms with Gasteiger partial charge in [0.15, 0.2) is 0 Å². The van der Waals surface area contributed by atoms with Crippen LogP contribution in [0.15, 0.2) is 58.3 Å². The molecule has 4 nitrogen and oxygen atoms in total. The van der Waals surface area contributed by atoms with Crippen LogP contribution in [-0.4, -0.2) is 27.6 Å². The van der Waals surface area contributed by atoms with Crippen molar-refractivity contribution in [3.8, 4) is 5.75 Å². The number of nitrogens with zero attached hydrogens (tertiary/aromatic N) is 1. The van der Waals surface area contributed by atoms with Gasteiger partial charge in [-0.3, -0.25) is 0 Å². The third kappa shape index (κ3) is 3.16. The van der Waals surface area contributed by atoms with Crippen LogP contribution in [0.5, 0.6) is 5.75 Å². The molecule has 0 bridgehead atoms. The molecule has 0 aliphatic heterocycles. The number of phenolic OH excluding ortho intramolecular Hbond substituents is 1. The molecule has 0 atom stereocenters. The Morgan fingerprint density at radius 2 is 1.56 bits per heavy atom. The predicted molar refractivity (Wildman–Crippen MR) is 111 cm³/mol. The van der Waals surface area contributed by atoms with Gasteiger partial charge in [0.1, 0.15) is 10.6 Å². The number of fused-ring (bicyclic) bond motifs is 1. The van der Waals surface area contributed by atoms with E-state index >= 15 is 0 Å². The van der Waals surface area contributed by atoms with E-state index in [1.807, 2.05) is 57.1 Å². The van der Waals surface area contributed by atoms with E-state index in [4.69, 9.17) is 0 Å². The minimum absolute atomic E-state index is 0.00328. The first-order chi connectivity index (χ1) is 12.7. The van der Waals surface area contributed by atoms with Crippen LogP contribution < -0.4 is 4.90 Å². The van der Waals surface area contributed by atoms with Crippen molar-refractivity contribution in [1.82, 2.24) is 0 Å². The minimum atomic E-state index is -3.89. The Balaban J connectivity index is 2.36. The highest BCUT2D eigenvalue weighted by Crippen LogP contribution is 2.39. The number of benzene rings is 3. The fourth-order valence-electron chi connectivity index (χ4n) is 3.66. The fourth-order valence-corrected chi connectivity index (χ4v) is 5.47. The zero-order valence-electron chi connectivity index (χ0n) is 16.3. The van der Waals surface area contributed by atoms with Gasteiger partial charge in [-0.15, -0.1) is 0 Å². The molecule has 0 aliphatic rings. The average molecular weight is 384 g/mol. The lowest BCUT2D eigenvalue weighted by Crippen LogP contribution is -2.10. The Hall–Kier alpha value is -2.53. The van der Waals surface area contributed by atoms with E-state index in [0.717, 1.165) is 16.6 Å². The first-order valence-electron chi connectivity index (χ1n) is 8.93. The van der Waals surface area contributed by atoms with Gasteiger partial charge in [0.05, 0.1) is 4.90 Å². The second-order valence-electron chi connectivity index (χ2n) is 7.31. The van der Waals surface area contributed by atoms with Crippen molar-refractivity contribution in [2.45, 2.75) is 36.5 Å². The molecule has 0 aliphatic carbocycles. The Kier molecular flexibility index (Phi) is 4.91. The molecule has 0 saturated heterocycles. The largest absolute Gasteiger partial charge is 0.507 e. The summed E-state index contributed by atoms with van der Waals surface area (Å²) in [6, 6.07) is 14.2. The zero-order valence-corrected chi connectivity index (χ0v) is 17.1. The van der Waals surface area contributed by atoms with Crippen molar-refractivity contribution < 1.29 is 13.5 Å².